The smallest absolute Gasteiger partial charge is 0.302 e. The summed E-state index contributed by atoms with van der Waals surface area (Å²) >= 11 is 0. The van der Waals surface area contributed by atoms with Gasteiger partial charge in [-0.3, -0.25) is 9.78 Å². The maximum absolute atomic E-state index is 12.0. The van der Waals surface area contributed by atoms with Gasteiger partial charge in [0.15, 0.2) is 0 Å². The Morgan fingerprint density at radius 3 is 2.90 bits per heavy atom. The third kappa shape index (κ3) is 2.53. The van der Waals surface area contributed by atoms with Crippen LogP contribution in [0, 0.1) is 11.3 Å². The zero-order chi connectivity index (χ0) is 14.8. The molecule has 3 rings (SSSR count). The van der Waals surface area contributed by atoms with Gasteiger partial charge in [-0.1, -0.05) is 6.07 Å². The number of nitrogens with two attached hydrogens (primary N) is 1. The van der Waals surface area contributed by atoms with Crippen LogP contribution in [0.3, 0.4) is 0 Å². The maximum atomic E-state index is 12.0. The molecule has 1 heterocycles. The molecule has 0 saturated carbocycles. The molecule has 3 aromatic rings. The Bertz CT molecular complexity index is 925. The van der Waals surface area contributed by atoms with Crippen LogP contribution in [0.5, 0.6) is 11.8 Å². The minimum absolute atomic E-state index is 0.0624. The Labute approximate surface area is 119 Å². The second-order valence-electron chi connectivity index (χ2n) is 4.39. The fourth-order valence-corrected chi connectivity index (χ4v) is 1.92. The molecule has 0 unspecified atom stereocenters. The van der Waals surface area contributed by atoms with Gasteiger partial charge in [-0.2, -0.15) is 10.2 Å². The van der Waals surface area contributed by atoms with E-state index in [4.69, 9.17) is 15.7 Å². The van der Waals surface area contributed by atoms with Crippen LogP contribution in [0.1, 0.15) is 5.56 Å². The Morgan fingerprint density at radius 2 is 2.10 bits per heavy atom. The zero-order valence-electron chi connectivity index (χ0n) is 10.8. The number of nitrogens with one attached hydrogen (secondary N) is 1. The summed E-state index contributed by atoms with van der Waals surface area (Å²) in [4.78, 5) is 18.7. The number of fused-ring (bicyclic) bond motifs is 1. The first-order valence-corrected chi connectivity index (χ1v) is 6.13. The highest BCUT2D eigenvalue weighted by molar-refractivity contribution is 5.81. The molecule has 2 aromatic carbocycles. The summed E-state index contributed by atoms with van der Waals surface area (Å²) in [5.41, 5.74) is 6.75. The lowest BCUT2D eigenvalue weighted by Crippen LogP contribution is -2.09. The number of hydrogen-bond donors (Lipinski definition) is 2. The average Bonchev–Trinajstić information content (AvgIpc) is 2.48. The quantitative estimate of drug-likeness (QED) is 0.699. The van der Waals surface area contributed by atoms with Crippen molar-refractivity contribution in [3.05, 3.63) is 58.4 Å². The molecule has 0 aliphatic heterocycles. The van der Waals surface area contributed by atoms with Crippen molar-refractivity contribution in [2.24, 2.45) is 0 Å². The highest BCUT2D eigenvalue weighted by Crippen LogP contribution is 2.20. The third-order valence-electron chi connectivity index (χ3n) is 2.89. The van der Waals surface area contributed by atoms with E-state index in [2.05, 4.69) is 9.97 Å². The van der Waals surface area contributed by atoms with E-state index in [0.29, 0.717) is 27.9 Å². The lowest BCUT2D eigenvalue weighted by molar-refractivity contribution is 0.442. The van der Waals surface area contributed by atoms with Crippen molar-refractivity contribution < 1.29 is 4.74 Å². The first-order valence-electron chi connectivity index (χ1n) is 6.13. The number of rotatable bonds is 2. The maximum Gasteiger partial charge on any atom is 0.302 e. The topological polar surface area (TPSA) is 105 Å². The van der Waals surface area contributed by atoms with E-state index in [1.54, 1.807) is 42.5 Å². The fraction of sp³-hybridized carbons (Fsp3) is 0. The minimum Gasteiger partial charge on any atom is -0.426 e. The Hall–Kier alpha value is -3.33. The molecule has 0 aliphatic rings. The first kappa shape index (κ1) is 12.7. The predicted molar refractivity (Wildman–Crippen MR) is 78.0 cm³/mol. The number of ether oxygens (including phenoxy) is 1. The van der Waals surface area contributed by atoms with Crippen LogP contribution in [0.15, 0.2) is 47.3 Å². The normalized spacial score (nSPS) is 10.2. The van der Waals surface area contributed by atoms with Crippen molar-refractivity contribution in [3.63, 3.8) is 0 Å². The lowest BCUT2D eigenvalue weighted by atomic mass is 10.2. The van der Waals surface area contributed by atoms with E-state index in [1.165, 1.54) is 0 Å². The van der Waals surface area contributed by atoms with E-state index in [-0.39, 0.29) is 11.6 Å². The zero-order valence-corrected chi connectivity index (χ0v) is 10.8. The molecular formula is C15H10N4O2. The number of aromatic amines is 1. The Balaban J connectivity index is 2.03. The number of nitrogens with zero attached hydrogens (tertiary/aromatic N) is 2. The molecule has 0 aliphatic carbocycles. The van der Waals surface area contributed by atoms with Gasteiger partial charge in [0.25, 0.3) is 5.56 Å². The SMILES string of the molecule is N#Cc1cccc(Oc2nc3ccc(N)cc3c(=O)[nH]2)c1. The van der Waals surface area contributed by atoms with Crippen molar-refractivity contribution >= 4 is 16.6 Å². The number of H-pyrrole nitrogens is 1. The van der Waals surface area contributed by atoms with E-state index < -0.39 is 0 Å². The Morgan fingerprint density at radius 1 is 1.24 bits per heavy atom. The molecule has 0 saturated heterocycles. The molecule has 0 amide bonds. The number of aromatic nitrogens is 2. The van der Waals surface area contributed by atoms with Crippen molar-refractivity contribution in [1.29, 1.82) is 5.26 Å². The van der Waals surface area contributed by atoms with E-state index in [1.807, 2.05) is 6.07 Å². The molecule has 0 fully saturated rings. The molecule has 0 atom stereocenters. The number of nitrogen functional groups attached to an aromatic ring is 1. The number of benzene rings is 2. The monoisotopic (exact) mass is 278 g/mol. The van der Waals surface area contributed by atoms with Crippen LogP contribution < -0.4 is 16.0 Å². The molecule has 6 nitrogen and oxygen atoms in total. The molecule has 1 aromatic heterocycles. The van der Waals surface area contributed by atoms with Gasteiger partial charge in [0, 0.05) is 5.69 Å². The van der Waals surface area contributed by atoms with Crippen molar-refractivity contribution in [2.45, 2.75) is 0 Å². The van der Waals surface area contributed by atoms with Crippen molar-refractivity contribution in [3.8, 4) is 17.8 Å². The van der Waals surface area contributed by atoms with Crippen LogP contribution in [0.4, 0.5) is 5.69 Å². The predicted octanol–water partition coefficient (Wildman–Crippen LogP) is 2.17. The van der Waals surface area contributed by atoms with E-state index in [9.17, 15) is 4.79 Å². The van der Waals surface area contributed by atoms with Crippen LogP contribution in [0.2, 0.25) is 0 Å². The van der Waals surface area contributed by atoms with Crippen LogP contribution >= 0.6 is 0 Å². The number of anilines is 1. The van der Waals surface area contributed by atoms with Crippen LogP contribution in [-0.2, 0) is 0 Å². The molecule has 6 heteroatoms. The van der Waals surface area contributed by atoms with Crippen LogP contribution in [0.25, 0.3) is 10.9 Å². The standard InChI is InChI=1S/C15H10N4O2/c16-8-9-2-1-3-11(6-9)21-15-18-13-5-4-10(17)7-12(13)14(20)19-15/h1-7H,17H2,(H,18,19,20). The van der Waals surface area contributed by atoms with Crippen LogP contribution in [-0.4, -0.2) is 9.97 Å². The molecular weight excluding hydrogens is 268 g/mol. The fourth-order valence-electron chi connectivity index (χ4n) is 1.92. The number of hydrogen-bond acceptors (Lipinski definition) is 5. The number of nitriles is 1. The minimum atomic E-state index is -0.335. The molecule has 21 heavy (non-hydrogen) atoms. The lowest BCUT2D eigenvalue weighted by Gasteiger charge is -2.05. The van der Waals surface area contributed by atoms with Gasteiger partial charge in [0.2, 0.25) is 0 Å². The summed E-state index contributed by atoms with van der Waals surface area (Å²) in [7, 11) is 0. The summed E-state index contributed by atoms with van der Waals surface area (Å²) in [6.45, 7) is 0. The molecule has 3 N–H and O–H groups in total. The molecule has 102 valence electrons. The summed E-state index contributed by atoms with van der Waals surface area (Å²) in [6.07, 6.45) is 0. The second kappa shape index (κ2) is 4.98. The molecule has 0 spiro atoms. The van der Waals surface area contributed by atoms with Crippen molar-refractivity contribution in [2.75, 3.05) is 5.73 Å². The van der Waals surface area contributed by atoms with E-state index >= 15 is 0 Å². The van der Waals surface area contributed by atoms with Gasteiger partial charge in [-0.25, -0.2) is 0 Å². The largest absolute Gasteiger partial charge is 0.426 e. The highest BCUT2D eigenvalue weighted by atomic mass is 16.5. The second-order valence-corrected chi connectivity index (χ2v) is 4.39. The van der Waals surface area contributed by atoms with Gasteiger partial charge < -0.3 is 10.5 Å². The van der Waals surface area contributed by atoms with Crippen molar-refractivity contribution in [1.82, 2.24) is 9.97 Å². The summed E-state index contributed by atoms with van der Waals surface area (Å²) in [5, 5.41) is 9.25. The van der Waals surface area contributed by atoms with Gasteiger partial charge in [-0.05, 0) is 36.4 Å². The molecule has 0 bridgehead atoms. The highest BCUT2D eigenvalue weighted by Gasteiger charge is 2.06. The Kier molecular flexibility index (Phi) is 3.01. The first-order chi connectivity index (χ1) is 10.2. The third-order valence-corrected chi connectivity index (χ3v) is 2.89. The van der Waals surface area contributed by atoms with E-state index in [0.717, 1.165) is 0 Å². The summed E-state index contributed by atoms with van der Waals surface area (Å²) < 4.78 is 5.49. The van der Waals surface area contributed by atoms with Gasteiger partial charge >= 0.3 is 6.01 Å². The van der Waals surface area contributed by atoms with Gasteiger partial charge in [-0.15, -0.1) is 0 Å². The molecule has 0 radical (unpaired) electrons. The summed E-state index contributed by atoms with van der Waals surface area (Å²) in [6, 6.07) is 13.5. The summed E-state index contributed by atoms with van der Waals surface area (Å²) in [5.74, 6) is 0.423. The van der Waals surface area contributed by atoms with Gasteiger partial charge in [0.05, 0.1) is 22.5 Å². The van der Waals surface area contributed by atoms with Gasteiger partial charge in [0.1, 0.15) is 5.75 Å². The average molecular weight is 278 g/mol.